The normalized spacial score (nSPS) is 13.8. The minimum atomic E-state index is -3.88. The molecule has 3 aromatic rings. The Balaban J connectivity index is 1.48. The molecule has 0 aromatic heterocycles. The maximum absolute atomic E-state index is 12.8. The standard InChI is InChI=1S/C22H22N2O6S2/c1-16-3-9-19(10-4-16)31(25,26)23-17-5-7-18(8-6-17)24-32(27,28)20-11-12-21-22(15-20)30-14-2-13-29-21/h3-12,15,23-24H,2,13-14H2,1H3. The number of aryl methyl sites for hydroxylation is 1. The average Bonchev–Trinajstić information content (AvgIpc) is 3.00. The Morgan fingerprint density at radius 3 is 1.75 bits per heavy atom. The molecule has 0 saturated carbocycles. The lowest BCUT2D eigenvalue weighted by Crippen LogP contribution is -2.14. The molecule has 8 nitrogen and oxygen atoms in total. The number of hydrogen-bond donors (Lipinski definition) is 2. The zero-order valence-electron chi connectivity index (χ0n) is 17.2. The van der Waals surface area contributed by atoms with Crippen LogP contribution in [0.15, 0.2) is 76.5 Å². The van der Waals surface area contributed by atoms with E-state index in [-0.39, 0.29) is 15.5 Å². The van der Waals surface area contributed by atoms with E-state index in [1.165, 1.54) is 48.5 Å². The highest BCUT2D eigenvalue weighted by molar-refractivity contribution is 7.93. The third kappa shape index (κ3) is 4.97. The Morgan fingerprint density at radius 2 is 1.16 bits per heavy atom. The first-order valence-electron chi connectivity index (χ1n) is 9.85. The van der Waals surface area contributed by atoms with Gasteiger partial charge in [-0.2, -0.15) is 0 Å². The van der Waals surface area contributed by atoms with Crippen molar-refractivity contribution in [3.05, 3.63) is 72.3 Å². The summed E-state index contributed by atoms with van der Waals surface area (Å²) in [4.78, 5) is 0.174. The van der Waals surface area contributed by atoms with E-state index in [0.29, 0.717) is 30.4 Å². The fourth-order valence-electron chi connectivity index (χ4n) is 3.06. The number of nitrogens with one attached hydrogen (secondary N) is 2. The van der Waals surface area contributed by atoms with Gasteiger partial charge < -0.3 is 9.47 Å². The van der Waals surface area contributed by atoms with Crippen molar-refractivity contribution >= 4 is 31.4 Å². The largest absolute Gasteiger partial charge is 0.490 e. The molecule has 1 heterocycles. The van der Waals surface area contributed by atoms with Crippen molar-refractivity contribution in [1.29, 1.82) is 0 Å². The molecule has 0 bridgehead atoms. The van der Waals surface area contributed by atoms with E-state index in [9.17, 15) is 16.8 Å². The highest BCUT2D eigenvalue weighted by atomic mass is 32.2. The van der Waals surface area contributed by atoms with Crippen LogP contribution in [0.3, 0.4) is 0 Å². The summed E-state index contributed by atoms with van der Waals surface area (Å²) in [7, 11) is -7.63. The van der Waals surface area contributed by atoms with E-state index in [4.69, 9.17) is 9.47 Å². The molecule has 2 N–H and O–H groups in total. The lowest BCUT2D eigenvalue weighted by atomic mass is 10.2. The molecule has 4 rings (SSSR count). The van der Waals surface area contributed by atoms with Gasteiger partial charge in [0.05, 0.1) is 23.0 Å². The van der Waals surface area contributed by atoms with Gasteiger partial charge in [0.2, 0.25) is 0 Å². The van der Waals surface area contributed by atoms with Crippen LogP contribution >= 0.6 is 0 Å². The Labute approximate surface area is 187 Å². The number of benzene rings is 3. The van der Waals surface area contributed by atoms with Gasteiger partial charge in [0.25, 0.3) is 20.0 Å². The van der Waals surface area contributed by atoms with Crippen LogP contribution in [0.4, 0.5) is 11.4 Å². The molecule has 32 heavy (non-hydrogen) atoms. The van der Waals surface area contributed by atoms with Crippen molar-refractivity contribution < 1.29 is 26.3 Å². The van der Waals surface area contributed by atoms with E-state index in [0.717, 1.165) is 12.0 Å². The zero-order valence-corrected chi connectivity index (χ0v) is 18.9. The number of ether oxygens (including phenoxy) is 2. The number of hydrogen-bond acceptors (Lipinski definition) is 6. The van der Waals surface area contributed by atoms with E-state index >= 15 is 0 Å². The zero-order chi connectivity index (χ0) is 22.8. The molecule has 0 fully saturated rings. The predicted molar refractivity (Wildman–Crippen MR) is 121 cm³/mol. The Kier molecular flexibility index (Phi) is 5.98. The SMILES string of the molecule is Cc1ccc(S(=O)(=O)Nc2ccc(NS(=O)(=O)c3ccc4c(c3)OCCCO4)cc2)cc1. The smallest absolute Gasteiger partial charge is 0.262 e. The molecular weight excluding hydrogens is 452 g/mol. The van der Waals surface area contributed by atoms with Crippen LogP contribution in [-0.4, -0.2) is 30.0 Å². The summed E-state index contributed by atoms with van der Waals surface area (Å²) in [6.45, 7) is 2.83. The summed E-state index contributed by atoms with van der Waals surface area (Å²) in [5, 5.41) is 0. The van der Waals surface area contributed by atoms with Gasteiger partial charge in [0.15, 0.2) is 11.5 Å². The summed E-state index contributed by atoms with van der Waals surface area (Å²) >= 11 is 0. The summed E-state index contributed by atoms with van der Waals surface area (Å²) in [6, 6.07) is 16.8. The van der Waals surface area contributed by atoms with E-state index < -0.39 is 20.0 Å². The van der Waals surface area contributed by atoms with Crippen LogP contribution in [-0.2, 0) is 20.0 Å². The van der Waals surface area contributed by atoms with Crippen molar-refractivity contribution in [3.8, 4) is 11.5 Å². The second-order valence-corrected chi connectivity index (χ2v) is 10.6. The third-order valence-electron chi connectivity index (χ3n) is 4.75. The van der Waals surface area contributed by atoms with Crippen LogP contribution in [0.2, 0.25) is 0 Å². The summed E-state index contributed by atoms with van der Waals surface area (Å²) in [5.41, 5.74) is 1.55. The molecule has 0 spiro atoms. The number of anilines is 2. The Bertz CT molecular complexity index is 1320. The molecule has 0 radical (unpaired) electrons. The molecule has 0 unspecified atom stereocenters. The van der Waals surface area contributed by atoms with Gasteiger partial charge in [0, 0.05) is 23.9 Å². The van der Waals surface area contributed by atoms with E-state index in [1.807, 2.05) is 6.92 Å². The van der Waals surface area contributed by atoms with Gasteiger partial charge in [-0.25, -0.2) is 16.8 Å². The number of fused-ring (bicyclic) bond motifs is 1. The van der Waals surface area contributed by atoms with Crippen LogP contribution in [0.25, 0.3) is 0 Å². The summed E-state index contributed by atoms with van der Waals surface area (Å²) < 4.78 is 66.6. The average molecular weight is 475 g/mol. The van der Waals surface area contributed by atoms with Gasteiger partial charge in [0.1, 0.15) is 0 Å². The number of sulfonamides is 2. The van der Waals surface area contributed by atoms with Crippen LogP contribution in [0.5, 0.6) is 11.5 Å². The molecule has 168 valence electrons. The van der Waals surface area contributed by atoms with Gasteiger partial charge in [-0.3, -0.25) is 9.44 Å². The minimum absolute atomic E-state index is 0.0332. The monoisotopic (exact) mass is 474 g/mol. The Hall–Kier alpha value is -3.24. The van der Waals surface area contributed by atoms with Crippen molar-refractivity contribution in [2.45, 2.75) is 23.1 Å². The minimum Gasteiger partial charge on any atom is -0.490 e. The second kappa shape index (κ2) is 8.71. The fraction of sp³-hybridized carbons (Fsp3) is 0.182. The quantitative estimate of drug-likeness (QED) is 0.563. The summed E-state index contributed by atoms with van der Waals surface area (Å²) in [5.74, 6) is 0.887. The molecule has 0 atom stereocenters. The van der Waals surface area contributed by atoms with Crippen LogP contribution < -0.4 is 18.9 Å². The molecule has 10 heteroatoms. The van der Waals surface area contributed by atoms with Gasteiger partial charge in [-0.05, 0) is 55.5 Å². The number of rotatable bonds is 6. The van der Waals surface area contributed by atoms with Crippen molar-refractivity contribution in [2.24, 2.45) is 0 Å². The lowest BCUT2D eigenvalue weighted by molar-refractivity contribution is 0.297. The molecule has 3 aromatic carbocycles. The maximum Gasteiger partial charge on any atom is 0.262 e. The van der Waals surface area contributed by atoms with Gasteiger partial charge >= 0.3 is 0 Å². The van der Waals surface area contributed by atoms with Crippen LogP contribution in [0.1, 0.15) is 12.0 Å². The molecule has 0 aliphatic carbocycles. The van der Waals surface area contributed by atoms with Gasteiger partial charge in [-0.1, -0.05) is 17.7 Å². The topological polar surface area (TPSA) is 111 Å². The maximum atomic E-state index is 12.8. The Morgan fingerprint density at radius 1 is 0.656 bits per heavy atom. The molecule has 0 saturated heterocycles. The highest BCUT2D eigenvalue weighted by Gasteiger charge is 2.19. The molecule has 1 aliphatic heterocycles. The van der Waals surface area contributed by atoms with Crippen molar-refractivity contribution in [1.82, 2.24) is 0 Å². The van der Waals surface area contributed by atoms with Crippen LogP contribution in [0, 0.1) is 6.92 Å². The highest BCUT2D eigenvalue weighted by Crippen LogP contribution is 2.32. The van der Waals surface area contributed by atoms with Crippen molar-refractivity contribution in [3.63, 3.8) is 0 Å². The van der Waals surface area contributed by atoms with E-state index in [1.54, 1.807) is 18.2 Å². The molecule has 0 amide bonds. The first kappa shape index (κ1) is 22.0. The third-order valence-corrected chi connectivity index (χ3v) is 7.53. The lowest BCUT2D eigenvalue weighted by Gasteiger charge is -2.12. The molecule has 1 aliphatic rings. The predicted octanol–water partition coefficient (Wildman–Crippen LogP) is 3.76. The first-order chi connectivity index (χ1) is 15.2. The fourth-order valence-corrected chi connectivity index (χ4v) is 5.19. The van der Waals surface area contributed by atoms with E-state index in [2.05, 4.69) is 9.44 Å². The first-order valence-corrected chi connectivity index (χ1v) is 12.8. The van der Waals surface area contributed by atoms with Gasteiger partial charge in [-0.15, -0.1) is 0 Å². The van der Waals surface area contributed by atoms with Crippen molar-refractivity contribution in [2.75, 3.05) is 22.7 Å². The second-order valence-electron chi connectivity index (χ2n) is 7.26. The molecular formula is C22H22N2O6S2. The summed E-state index contributed by atoms with van der Waals surface area (Å²) in [6.07, 6.45) is 0.717.